The van der Waals surface area contributed by atoms with Crippen LogP contribution in [0.15, 0.2) is 6.07 Å². The molecule has 0 bridgehead atoms. The summed E-state index contributed by atoms with van der Waals surface area (Å²) in [6, 6.07) is 1.30. The Hall–Kier alpha value is -1.45. The van der Waals surface area contributed by atoms with Crippen molar-refractivity contribution < 1.29 is 13.2 Å². The van der Waals surface area contributed by atoms with Gasteiger partial charge in [0.05, 0.1) is 43.3 Å². The van der Waals surface area contributed by atoms with E-state index in [4.69, 9.17) is 5.73 Å². The zero-order chi connectivity index (χ0) is 17.2. The van der Waals surface area contributed by atoms with Crippen molar-refractivity contribution in [1.82, 2.24) is 19.4 Å². The Morgan fingerprint density at radius 3 is 2.78 bits per heavy atom. The van der Waals surface area contributed by atoms with E-state index in [9.17, 15) is 13.2 Å². The topological polar surface area (TPSA) is 110 Å². The fraction of sp³-hybridized carbons (Fsp3) is 0.714. The highest BCUT2D eigenvalue weighted by Gasteiger charge is 2.25. The van der Waals surface area contributed by atoms with Crippen molar-refractivity contribution in [1.29, 1.82) is 0 Å². The number of carbonyl (C=O) groups excluding carboxylic acids is 1. The van der Waals surface area contributed by atoms with Crippen LogP contribution >= 0.6 is 0 Å². The molecule has 0 saturated carbocycles. The summed E-state index contributed by atoms with van der Waals surface area (Å²) < 4.78 is 26.4. The molecule has 8 nitrogen and oxygen atoms in total. The molecule has 1 amide bonds. The predicted octanol–water partition coefficient (Wildman–Crippen LogP) is -0.352. The number of fused-ring (bicyclic) bond motifs is 1. The summed E-state index contributed by atoms with van der Waals surface area (Å²) in [5.41, 5.74) is 7.43. The van der Waals surface area contributed by atoms with E-state index >= 15 is 0 Å². The van der Waals surface area contributed by atoms with Crippen LogP contribution in [0.1, 0.15) is 31.7 Å². The minimum Gasteiger partial charge on any atom is -0.349 e. The van der Waals surface area contributed by atoms with Gasteiger partial charge < -0.3 is 11.1 Å². The minimum atomic E-state index is -3.20. The molecule has 0 fully saturated rings. The fourth-order valence-corrected chi connectivity index (χ4v) is 3.26. The lowest BCUT2D eigenvalue weighted by molar-refractivity contribution is -0.123. The molecule has 0 saturated heterocycles. The Bertz CT molecular complexity index is 670. The molecular formula is C14H25N5O3S. The van der Waals surface area contributed by atoms with Crippen molar-refractivity contribution in [2.75, 3.05) is 12.8 Å². The summed E-state index contributed by atoms with van der Waals surface area (Å²) in [5.74, 6) is -0.0726. The molecule has 9 heteroatoms. The molecular weight excluding hydrogens is 318 g/mol. The number of carbonyl (C=O) groups is 1. The monoisotopic (exact) mass is 343 g/mol. The second-order valence-electron chi connectivity index (χ2n) is 6.08. The second-order valence-corrected chi connectivity index (χ2v) is 8.06. The summed E-state index contributed by atoms with van der Waals surface area (Å²) in [7, 11) is -3.20. The summed E-state index contributed by atoms with van der Waals surface area (Å²) in [6.45, 7) is 5.48. The zero-order valence-electron chi connectivity index (χ0n) is 13.8. The lowest BCUT2D eigenvalue weighted by Gasteiger charge is -2.25. The van der Waals surface area contributed by atoms with Crippen LogP contribution in [0.4, 0.5) is 0 Å². The first-order valence-corrected chi connectivity index (χ1v) is 9.61. The summed E-state index contributed by atoms with van der Waals surface area (Å²) in [6.07, 6.45) is 2.05. The van der Waals surface area contributed by atoms with E-state index in [1.54, 1.807) is 4.68 Å². The first-order valence-electron chi connectivity index (χ1n) is 7.76. The first kappa shape index (κ1) is 17.9. The van der Waals surface area contributed by atoms with Gasteiger partial charge >= 0.3 is 0 Å². The predicted molar refractivity (Wildman–Crippen MR) is 86.8 cm³/mol. The molecule has 1 aliphatic heterocycles. The van der Waals surface area contributed by atoms with Crippen LogP contribution in [0, 0.1) is 5.92 Å². The number of nitrogens with zero attached hydrogens (tertiary/aromatic N) is 3. The molecule has 23 heavy (non-hydrogen) atoms. The quantitative estimate of drug-likeness (QED) is 0.733. The standard InChI is InChI=1S/C14H25N5O3S/c1-4-10(2)13(15)14(20)16-8-11-7-12-9-18(23(3,21)22)5-6-19(12)17-11/h7,10,13H,4-6,8-9,15H2,1-3H3,(H,16,20)/t10-,13-/m0/s1. The maximum absolute atomic E-state index is 12.0. The van der Waals surface area contributed by atoms with E-state index in [1.807, 2.05) is 19.9 Å². The number of amides is 1. The van der Waals surface area contributed by atoms with Crippen LogP contribution in [0.5, 0.6) is 0 Å². The molecule has 2 heterocycles. The molecule has 0 aliphatic carbocycles. The van der Waals surface area contributed by atoms with Gasteiger partial charge in [-0.05, 0) is 12.0 Å². The van der Waals surface area contributed by atoms with Crippen molar-refractivity contribution in [3.8, 4) is 0 Å². The van der Waals surface area contributed by atoms with Crippen LogP contribution < -0.4 is 11.1 Å². The third-order valence-corrected chi connectivity index (χ3v) is 5.54. The number of sulfonamides is 1. The van der Waals surface area contributed by atoms with Gasteiger partial charge in [-0.1, -0.05) is 20.3 Å². The first-order chi connectivity index (χ1) is 10.7. The van der Waals surface area contributed by atoms with Crippen LogP contribution in [0.3, 0.4) is 0 Å². The van der Waals surface area contributed by atoms with E-state index in [-0.39, 0.29) is 11.8 Å². The summed E-state index contributed by atoms with van der Waals surface area (Å²) >= 11 is 0. The van der Waals surface area contributed by atoms with Gasteiger partial charge in [0.1, 0.15) is 0 Å². The molecule has 0 unspecified atom stereocenters. The normalized spacial score (nSPS) is 18.3. The van der Waals surface area contributed by atoms with Gasteiger partial charge in [0.15, 0.2) is 0 Å². The van der Waals surface area contributed by atoms with E-state index in [0.717, 1.165) is 12.1 Å². The molecule has 1 aromatic heterocycles. The molecule has 2 atom stereocenters. The van der Waals surface area contributed by atoms with Crippen molar-refractivity contribution in [3.63, 3.8) is 0 Å². The Labute approximate surface area is 137 Å². The lowest BCUT2D eigenvalue weighted by Crippen LogP contribution is -2.44. The summed E-state index contributed by atoms with van der Waals surface area (Å²) in [5, 5.41) is 7.20. The van der Waals surface area contributed by atoms with Gasteiger partial charge in [-0.3, -0.25) is 9.48 Å². The van der Waals surface area contributed by atoms with Gasteiger partial charge in [0.2, 0.25) is 15.9 Å². The van der Waals surface area contributed by atoms with Crippen molar-refractivity contribution >= 4 is 15.9 Å². The molecule has 1 aliphatic rings. The number of rotatable bonds is 6. The average Bonchev–Trinajstić information content (AvgIpc) is 2.92. The molecule has 130 valence electrons. The van der Waals surface area contributed by atoms with Gasteiger partial charge in [0, 0.05) is 6.54 Å². The molecule has 2 rings (SSSR count). The van der Waals surface area contributed by atoms with E-state index in [0.29, 0.717) is 31.9 Å². The number of hydrogen-bond donors (Lipinski definition) is 2. The third kappa shape index (κ3) is 4.30. The maximum Gasteiger partial charge on any atom is 0.237 e. The Kier molecular flexibility index (Phi) is 5.43. The largest absolute Gasteiger partial charge is 0.349 e. The van der Waals surface area contributed by atoms with Gasteiger partial charge in [0.25, 0.3) is 0 Å². The lowest BCUT2D eigenvalue weighted by atomic mass is 9.99. The van der Waals surface area contributed by atoms with Gasteiger partial charge in [-0.25, -0.2) is 8.42 Å². The molecule has 0 radical (unpaired) electrons. The average molecular weight is 343 g/mol. The maximum atomic E-state index is 12.0. The highest BCUT2D eigenvalue weighted by atomic mass is 32.2. The number of aromatic nitrogens is 2. The fourth-order valence-electron chi connectivity index (χ4n) is 2.48. The van der Waals surface area contributed by atoms with E-state index < -0.39 is 16.1 Å². The Balaban J connectivity index is 1.97. The smallest absolute Gasteiger partial charge is 0.237 e. The van der Waals surface area contributed by atoms with Crippen LogP contribution in [0.2, 0.25) is 0 Å². The highest BCUT2D eigenvalue weighted by Crippen LogP contribution is 2.16. The van der Waals surface area contributed by atoms with Gasteiger partial charge in [-0.2, -0.15) is 9.40 Å². The molecule has 3 N–H and O–H groups in total. The highest BCUT2D eigenvalue weighted by molar-refractivity contribution is 7.88. The van der Waals surface area contributed by atoms with Gasteiger partial charge in [-0.15, -0.1) is 0 Å². The SMILES string of the molecule is CC[C@H](C)[C@H](N)C(=O)NCc1cc2n(n1)CCN(S(C)(=O)=O)C2. The second kappa shape index (κ2) is 6.98. The van der Waals surface area contributed by atoms with Crippen LogP contribution in [0.25, 0.3) is 0 Å². The van der Waals surface area contributed by atoms with E-state index in [2.05, 4.69) is 10.4 Å². The van der Waals surface area contributed by atoms with E-state index in [1.165, 1.54) is 10.6 Å². The number of hydrogen-bond acceptors (Lipinski definition) is 5. The zero-order valence-corrected chi connectivity index (χ0v) is 14.6. The van der Waals surface area contributed by atoms with Crippen molar-refractivity contribution in [2.24, 2.45) is 11.7 Å². The van der Waals surface area contributed by atoms with Crippen LogP contribution in [-0.2, 0) is 34.5 Å². The number of nitrogens with two attached hydrogens (primary N) is 1. The molecule has 0 spiro atoms. The molecule has 1 aromatic rings. The van der Waals surface area contributed by atoms with Crippen molar-refractivity contribution in [3.05, 3.63) is 17.5 Å². The summed E-state index contributed by atoms with van der Waals surface area (Å²) in [4.78, 5) is 12.0. The Morgan fingerprint density at radius 2 is 2.17 bits per heavy atom. The molecule has 0 aromatic carbocycles. The number of nitrogens with one attached hydrogen (secondary N) is 1. The Morgan fingerprint density at radius 1 is 1.48 bits per heavy atom. The minimum absolute atomic E-state index is 0.119. The van der Waals surface area contributed by atoms with Crippen LogP contribution in [-0.4, -0.2) is 47.3 Å². The third-order valence-electron chi connectivity index (χ3n) is 4.29. The van der Waals surface area contributed by atoms with Crippen molar-refractivity contribution in [2.45, 2.75) is 45.9 Å².